The van der Waals surface area contributed by atoms with Gasteiger partial charge in [-0.25, -0.2) is 0 Å². The molecule has 0 aromatic rings. The molecular formula is C13H20. The molecule has 0 aliphatic heterocycles. The van der Waals surface area contributed by atoms with Gasteiger partial charge in [0.1, 0.15) is 0 Å². The van der Waals surface area contributed by atoms with Gasteiger partial charge in [0.25, 0.3) is 0 Å². The Morgan fingerprint density at radius 3 is 1.62 bits per heavy atom. The third kappa shape index (κ3) is 3.51. The van der Waals surface area contributed by atoms with Crippen LogP contribution in [0.5, 0.6) is 0 Å². The number of allylic oxidation sites excluding steroid dienone is 4. The lowest BCUT2D eigenvalue weighted by Crippen LogP contribution is -1.75. The standard InChI is InChI=1S/C9H8.2C2H6/c1-2-5-9-7-3-6-8(9)4-1;2*1-2/h4-5H,3,6-7H2;2*1-2H3. The molecular weight excluding hydrogens is 156 g/mol. The van der Waals surface area contributed by atoms with Gasteiger partial charge in [-0.2, -0.15) is 0 Å². The van der Waals surface area contributed by atoms with Crippen molar-refractivity contribution in [1.82, 2.24) is 0 Å². The highest BCUT2D eigenvalue weighted by Crippen LogP contribution is 2.28. The van der Waals surface area contributed by atoms with E-state index in [4.69, 9.17) is 0 Å². The molecule has 0 N–H and O–H groups in total. The average Bonchev–Trinajstić information content (AvgIpc) is 2.71. The van der Waals surface area contributed by atoms with Crippen LogP contribution in [0.1, 0.15) is 47.0 Å². The topological polar surface area (TPSA) is 0 Å². The molecule has 0 amide bonds. The molecule has 0 spiro atoms. The molecule has 0 heteroatoms. The van der Waals surface area contributed by atoms with Crippen LogP contribution in [0.2, 0.25) is 0 Å². The maximum absolute atomic E-state index is 2.97. The minimum Gasteiger partial charge on any atom is -0.0699 e. The molecule has 0 bridgehead atoms. The molecule has 0 heterocycles. The molecule has 2 aliphatic carbocycles. The van der Waals surface area contributed by atoms with Crippen LogP contribution >= 0.6 is 0 Å². The van der Waals surface area contributed by atoms with Crippen LogP contribution < -0.4 is 0 Å². The molecule has 0 nitrogen and oxygen atoms in total. The van der Waals surface area contributed by atoms with Crippen molar-refractivity contribution in [3.05, 3.63) is 34.8 Å². The Hall–Kier alpha value is -0.960. The smallest absolute Gasteiger partial charge is 0.00803 e. The van der Waals surface area contributed by atoms with Gasteiger partial charge in [0.15, 0.2) is 0 Å². The minimum atomic E-state index is 1.25. The fraction of sp³-hybridized carbons (Fsp3) is 0.538. The van der Waals surface area contributed by atoms with Crippen LogP contribution in [0, 0.1) is 0 Å². The van der Waals surface area contributed by atoms with Gasteiger partial charge in [0.2, 0.25) is 0 Å². The van der Waals surface area contributed by atoms with E-state index in [0.29, 0.717) is 0 Å². The molecule has 0 saturated carbocycles. The van der Waals surface area contributed by atoms with Gasteiger partial charge in [-0.15, -0.1) is 0 Å². The molecule has 2 rings (SSSR count). The Morgan fingerprint density at radius 1 is 0.846 bits per heavy atom. The molecule has 0 saturated heterocycles. The maximum Gasteiger partial charge on any atom is -0.00803 e. The summed E-state index contributed by atoms with van der Waals surface area (Å²) in [6, 6.07) is 0. The lowest BCUT2D eigenvalue weighted by Gasteiger charge is -1.93. The van der Waals surface area contributed by atoms with Gasteiger partial charge in [-0.05, 0) is 42.6 Å². The normalized spacial score (nSPS) is 15.7. The monoisotopic (exact) mass is 176 g/mol. The van der Waals surface area contributed by atoms with Gasteiger partial charge in [-0.1, -0.05) is 39.2 Å². The second-order valence-electron chi connectivity index (χ2n) is 2.48. The highest BCUT2D eigenvalue weighted by molar-refractivity contribution is 5.38. The highest BCUT2D eigenvalue weighted by Gasteiger charge is 2.09. The summed E-state index contributed by atoms with van der Waals surface area (Å²) in [4.78, 5) is 0. The van der Waals surface area contributed by atoms with E-state index in [2.05, 4.69) is 23.6 Å². The lowest BCUT2D eigenvalue weighted by molar-refractivity contribution is 0.907. The molecule has 0 aromatic carbocycles. The Labute approximate surface area is 82.4 Å². The van der Waals surface area contributed by atoms with Crippen molar-refractivity contribution in [2.75, 3.05) is 0 Å². The van der Waals surface area contributed by atoms with E-state index >= 15 is 0 Å². The van der Waals surface area contributed by atoms with Gasteiger partial charge < -0.3 is 0 Å². The summed E-state index contributed by atoms with van der Waals surface area (Å²) in [5, 5.41) is 0. The molecule has 0 aromatic heterocycles. The Bertz CT molecular complexity index is 228. The van der Waals surface area contributed by atoms with Crippen LogP contribution in [0.4, 0.5) is 0 Å². The first kappa shape index (κ1) is 12.0. The molecule has 0 fully saturated rings. The van der Waals surface area contributed by atoms with Gasteiger partial charge >= 0.3 is 0 Å². The van der Waals surface area contributed by atoms with Crippen molar-refractivity contribution in [3.63, 3.8) is 0 Å². The largest absolute Gasteiger partial charge is 0.0699 e. The summed E-state index contributed by atoms with van der Waals surface area (Å²) in [6.45, 7) is 8.00. The lowest BCUT2D eigenvalue weighted by atomic mass is 10.1. The van der Waals surface area contributed by atoms with Crippen molar-refractivity contribution in [2.45, 2.75) is 47.0 Å². The second-order valence-corrected chi connectivity index (χ2v) is 2.48. The fourth-order valence-electron chi connectivity index (χ4n) is 1.38. The molecule has 0 unspecified atom stereocenters. The number of hydrogen-bond acceptors (Lipinski definition) is 0. The van der Waals surface area contributed by atoms with Gasteiger partial charge in [0, 0.05) is 0 Å². The summed E-state index contributed by atoms with van der Waals surface area (Å²) in [6.07, 6.45) is 7.94. The molecule has 13 heavy (non-hydrogen) atoms. The van der Waals surface area contributed by atoms with E-state index in [1.165, 1.54) is 30.4 Å². The zero-order chi connectivity index (χ0) is 10.1. The minimum absolute atomic E-state index is 1.25. The predicted octanol–water partition coefficient (Wildman–Crippen LogP) is 4.40. The predicted molar refractivity (Wildman–Crippen MR) is 59.7 cm³/mol. The van der Waals surface area contributed by atoms with E-state index < -0.39 is 0 Å². The summed E-state index contributed by atoms with van der Waals surface area (Å²) in [5.74, 6) is 0. The first-order valence-electron chi connectivity index (χ1n) is 5.36. The summed E-state index contributed by atoms with van der Waals surface area (Å²) in [5.41, 5.74) is 8.90. The molecule has 0 radical (unpaired) electrons. The van der Waals surface area contributed by atoms with Crippen LogP contribution in [-0.4, -0.2) is 0 Å². The van der Waals surface area contributed by atoms with Crippen LogP contribution in [-0.2, 0) is 0 Å². The summed E-state index contributed by atoms with van der Waals surface area (Å²) < 4.78 is 0. The quantitative estimate of drug-likeness (QED) is 0.480. The van der Waals surface area contributed by atoms with Crippen molar-refractivity contribution in [2.24, 2.45) is 0 Å². The first-order valence-corrected chi connectivity index (χ1v) is 5.36. The third-order valence-electron chi connectivity index (χ3n) is 1.88. The molecule has 0 atom stereocenters. The first-order chi connectivity index (χ1) is 6.47. The second kappa shape index (κ2) is 7.68. The van der Waals surface area contributed by atoms with E-state index in [-0.39, 0.29) is 0 Å². The average molecular weight is 176 g/mol. The third-order valence-corrected chi connectivity index (χ3v) is 1.88. The number of rotatable bonds is 0. The van der Waals surface area contributed by atoms with E-state index in [0.717, 1.165) is 0 Å². The highest BCUT2D eigenvalue weighted by atomic mass is 14.1. The van der Waals surface area contributed by atoms with Crippen molar-refractivity contribution >= 4 is 0 Å². The van der Waals surface area contributed by atoms with Crippen LogP contribution in [0.25, 0.3) is 0 Å². The fourth-order valence-corrected chi connectivity index (χ4v) is 1.38. The Balaban J connectivity index is 0.000000322. The van der Waals surface area contributed by atoms with E-state index in [9.17, 15) is 0 Å². The summed E-state index contributed by atoms with van der Waals surface area (Å²) >= 11 is 0. The molecule has 2 aliphatic rings. The zero-order valence-electron chi connectivity index (χ0n) is 9.28. The van der Waals surface area contributed by atoms with Crippen LogP contribution in [0.3, 0.4) is 0 Å². The summed E-state index contributed by atoms with van der Waals surface area (Å²) in [7, 11) is 0. The van der Waals surface area contributed by atoms with E-state index in [1.807, 2.05) is 27.7 Å². The number of hydrogen-bond donors (Lipinski definition) is 0. The van der Waals surface area contributed by atoms with Gasteiger partial charge in [0.05, 0.1) is 0 Å². The van der Waals surface area contributed by atoms with Crippen molar-refractivity contribution < 1.29 is 0 Å². The van der Waals surface area contributed by atoms with Crippen molar-refractivity contribution in [1.29, 1.82) is 0 Å². The van der Waals surface area contributed by atoms with Crippen molar-refractivity contribution in [3.8, 4) is 0 Å². The zero-order valence-corrected chi connectivity index (χ0v) is 9.28. The molecule has 72 valence electrons. The van der Waals surface area contributed by atoms with E-state index in [1.54, 1.807) is 0 Å². The Morgan fingerprint density at radius 2 is 1.23 bits per heavy atom. The van der Waals surface area contributed by atoms with Gasteiger partial charge in [-0.3, -0.25) is 0 Å². The SMILES string of the molecule is C1=C=CC2=C(C=1)CCC2.CC.CC. The Kier molecular flexibility index (Phi) is 7.11. The van der Waals surface area contributed by atoms with Crippen LogP contribution in [0.15, 0.2) is 34.8 Å². The maximum atomic E-state index is 2.97.